The number of halogens is 3. The number of imidazole rings is 1. The Bertz CT molecular complexity index is 657. The summed E-state index contributed by atoms with van der Waals surface area (Å²) in [6.07, 6.45) is -1.28. The van der Waals surface area contributed by atoms with E-state index in [1.165, 1.54) is 21.3 Å². The molecule has 2 aromatic rings. The van der Waals surface area contributed by atoms with E-state index in [1.807, 2.05) is 0 Å². The van der Waals surface area contributed by atoms with Crippen molar-refractivity contribution in [3.8, 4) is 0 Å². The van der Waals surface area contributed by atoms with Crippen LogP contribution >= 0.6 is 0 Å². The van der Waals surface area contributed by atoms with E-state index in [0.29, 0.717) is 5.56 Å². The Balaban J connectivity index is 2.23. The topological polar surface area (TPSA) is 52.9 Å². The molecule has 0 saturated heterocycles. The second-order valence-electron chi connectivity index (χ2n) is 4.57. The van der Waals surface area contributed by atoms with Crippen molar-refractivity contribution in [2.75, 3.05) is 0 Å². The van der Waals surface area contributed by atoms with Crippen molar-refractivity contribution in [3.63, 3.8) is 0 Å². The Kier molecular flexibility index (Phi) is 3.71. The maximum absolute atomic E-state index is 12.6. The van der Waals surface area contributed by atoms with Gasteiger partial charge in [0, 0.05) is 32.0 Å². The van der Waals surface area contributed by atoms with E-state index < -0.39 is 17.8 Å². The highest BCUT2D eigenvalue weighted by Crippen LogP contribution is 2.30. The molecule has 0 saturated carbocycles. The normalized spacial score (nSPS) is 13.4. The summed E-state index contributed by atoms with van der Waals surface area (Å²) >= 11 is 0. The lowest BCUT2D eigenvalue weighted by Crippen LogP contribution is -2.27. The highest BCUT2D eigenvalue weighted by atomic mass is 19.4. The number of benzene rings is 1. The first-order chi connectivity index (χ1) is 9.29. The fraction of sp³-hybridized carbons (Fsp3) is 0.308. The molecule has 1 heterocycles. The van der Waals surface area contributed by atoms with Crippen molar-refractivity contribution in [1.82, 2.24) is 9.13 Å². The summed E-state index contributed by atoms with van der Waals surface area (Å²) in [6.45, 7) is 0.126. The minimum atomic E-state index is -4.40. The van der Waals surface area contributed by atoms with Crippen LogP contribution in [-0.4, -0.2) is 9.13 Å². The third-order valence-electron chi connectivity index (χ3n) is 3.05. The fourth-order valence-corrected chi connectivity index (χ4v) is 1.91. The largest absolute Gasteiger partial charge is 0.416 e. The van der Waals surface area contributed by atoms with Gasteiger partial charge in [-0.1, -0.05) is 12.1 Å². The molecule has 2 rings (SSSR count). The molecule has 4 nitrogen and oxygen atoms in total. The van der Waals surface area contributed by atoms with Crippen molar-refractivity contribution >= 4 is 0 Å². The van der Waals surface area contributed by atoms with Crippen LogP contribution < -0.4 is 11.4 Å². The van der Waals surface area contributed by atoms with Crippen molar-refractivity contribution < 1.29 is 13.2 Å². The van der Waals surface area contributed by atoms with Gasteiger partial charge < -0.3 is 10.3 Å². The first-order valence-electron chi connectivity index (χ1n) is 5.93. The quantitative estimate of drug-likeness (QED) is 0.936. The fourth-order valence-electron chi connectivity index (χ4n) is 1.91. The predicted octanol–water partition coefficient (Wildman–Crippen LogP) is 1.91. The zero-order chi connectivity index (χ0) is 14.9. The average Bonchev–Trinajstić information content (AvgIpc) is 2.70. The number of aromatic nitrogens is 2. The van der Waals surface area contributed by atoms with Crippen LogP contribution in [0.3, 0.4) is 0 Å². The number of nitrogens with zero attached hydrogens (tertiary/aromatic N) is 2. The Morgan fingerprint density at radius 2 is 2.00 bits per heavy atom. The lowest BCUT2D eigenvalue weighted by Gasteiger charge is -2.14. The van der Waals surface area contributed by atoms with Crippen molar-refractivity contribution in [2.45, 2.75) is 18.8 Å². The molecule has 1 atom stereocenters. The average molecular weight is 285 g/mol. The van der Waals surface area contributed by atoms with Crippen LogP contribution in [0.2, 0.25) is 0 Å². The van der Waals surface area contributed by atoms with Gasteiger partial charge in [0.1, 0.15) is 0 Å². The van der Waals surface area contributed by atoms with Crippen LogP contribution in [0.1, 0.15) is 17.2 Å². The van der Waals surface area contributed by atoms with E-state index in [1.54, 1.807) is 19.4 Å². The van der Waals surface area contributed by atoms with Gasteiger partial charge in [-0.25, -0.2) is 4.79 Å². The maximum Gasteiger partial charge on any atom is 0.416 e. The van der Waals surface area contributed by atoms with Crippen LogP contribution in [0.4, 0.5) is 13.2 Å². The number of aryl methyl sites for hydroxylation is 1. The molecule has 0 spiro atoms. The van der Waals surface area contributed by atoms with Gasteiger partial charge in [-0.05, 0) is 17.7 Å². The molecule has 108 valence electrons. The highest BCUT2D eigenvalue weighted by molar-refractivity contribution is 5.27. The smallest absolute Gasteiger partial charge is 0.322 e. The molecule has 0 bridgehead atoms. The molecule has 0 amide bonds. The molecule has 0 aliphatic rings. The van der Waals surface area contributed by atoms with Gasteiger partial charge in [0.2, 0.25) is 0 Å². The first kappa shape index (κ1) is 14.4. The standard InChI is InChI=1S/C13H14F3N3O/c1-18-5-6-19(12(18)20)8-11(17)9-3-2-4-10(7-9)13(14,15)16/h2-7,11H,8,17H2,1H3. The highest BCUT2D eigenvalue weighted by Gasteiger charge is 2.30. The minimum Gasteiger partial charge on any atom is -0.322 e. The van der Waals surface area contributed by atoms with Gasteiger partial charge in [-0.15, -0.1) is 0 Å². The number of nitrogens with two attached hydrogens (primary N) is 1. The molecule has 0 radical (unpaired) electrons. The van der Waals surface area contributed by atoms with Crippen LogP contribution in [0.15, 0.2) is 41.5 Å². The van der Waals surface area contributed by atoms with E-state index in [-0.39, 0.29) is 12.2 Å². The maximum atomic E-state index is 12.6. The van der Waals surface area contributed by atoms with Crippen molar-refractivity contribution in [2.24, 2.45) is 12.8 Å². The first-order valence-corrected chi connectivity index (χ1v) is 5.93. The van der Waals surface area contributed by atoms with E-state index in [9.17, 15) is 18.0 Å². The number of hydrogen-bond donors (Lipinski definition) is 1. The molecule has 1 aromatic heterocycles. The summed E-state index contributed by atoms with van der Waals surface area (Å²) < 4.78 is 40.6. The Labute approximate surface area is 113 Å². The third kappa shape index (κ3) is 2.93. The van der Waals surface area contributed by atoms with Gasteiger partial charge in [-0.2, -0.15) is 13.2 Å². The van der Waals surface area contributed by atoms with Crippen LogP contribution in [0.5, 0.6) is 0 Å². The Morgan fingerprint density at radius 1 is 1.30 bits per heavy atom. The summed E-state index contributed by atoms with van der Waals surface area (Å²) in [7, 11) is 1.59. The Morgan fingerprint density at radius 3 is 2.55 bits per heavy atom. The van der Waals surface area contributed by atoms with Crippen LogP contribution in [-0.2, 0) is 19.8 Å². The van der Waals surface area contributed by atoms with Gasteiger partial charge in [0.15, 0.2) is 0 Å². The zero-order valence-corrected chi connectivity index (χ0v) is 10.8. The van der Waals surface area contributed by atoms with E-state index in [0.717, 1.165) is 12.1 Å². The monoisotopic (exact) mass is 285 g/mol. The zero-order valence-electron chi connectivity index (χ0n) is 10.8. The third-order valence-corrected chi connectivity index (χ3v) is 3.05. The van der Waals surface area contributed by atoms with Crippen LogP contribution in [0.25, 0.3) is 0 Å². The number of hydrogen-bond acceptors (Lipinski definition) is 2. The summed E-state index contributed by atoms with van der Waals surface area (Å²) in [5.74, 6) is 0. The molecular weight excluding hydrogens is 271 g/mol. The predicted molar refractivity (Wildman–Crippen MR) is 68.0 cm³/mol. The van der Waals surface area contributed by atoms with Gasteiger partial charge in [0.25, 0.3) is 0 Å². The van der Waals surface area contributed by atoms with Gasteiger partial charge in [-0.3, -0.25) is 4.57 Å². The van der Waals surface area contributed by atoms with E-state index in [4.69, 9.17) is 5.73 Å². The molecule has 1 aromatic carbocycles. The van der Waals surface area contributed by atoms with Crippen LogP contribution in [0, 0.1) is 0 Å². The minimum absolute atomic E-state index is 0.126. The molecular formula is C13H14F3N3O. The molecule has 20 heavy (non-hydrogen) atoms. The molecule has 0 fully saturated rings. The van der Waals surface area contributed by atoms with Crippen molar-refractivity contribution in [3.05, 3.63) is 58.3 Å². The second-order valence-corrected chi connectivity index (χ2v) is 4.57. The SMILES string of the molecule is Cn1ccn(CC(N)c2cccc(C(F)(F)F)c2)c1=O. The van der Waals surface area contributed by atoms with E-state index >= 15 is 0 Å². The molecule has 7 heteroatoms. The number of alkyl halides is 3. The number of rotatable bonds is 3. The lowest BCUT2D eigenvalue weighted by molar-refractivity contribution is -0.137. The molecule has 2 N–H and O–H groups in total. The lowest BCUT2D eigenvalue weighted by atomic mass is 10.0. The van der Waals surface area contributed by atoms with E-state index in [2.05, 4.69) is 0 Å². The summed E-state index contributed by atoms with van der Waals surface area (Å²) in [5, 5.41) is 0. The molecule has 0 aliphatic carbocycles. The molecule has 0 aliphatic heterocycles. The van der Waals surface area contributed by atoms with Crippen molar-refractivity contribution in [1.29, 1.82) is 0 Å². The van der Waals surface area contributed by atoms with Gasteiger partial charge >= 0.3 is 11.9 Å². The Hall–Kier alpha value is -2.02. The van der Waals surface area contributed by atoms with Gasteiger partial charge in [0.05, 0.1) is 5.56 Å². The summed E-state index contributed by atoms with van der Waals surface area (Å²) in [6, 6.07) is 4.15. The second kappa shape index (κ2) is 5.16. The summed E-state index contributed by atoms with van der Waals surface area (Å²) in [4.78, 5) is 11.7. The molecule has 1 unspecified atom stereocenters. The summed E-state index contributed by atoms with van der Waals surface area (Å²) in [5.41, 5.74) is 5.22.